The van der Waals surface area contributed by atoms with Crippen molar-refractivity contribution in [3.8, 4) is 0 Å². The van der Waals surface area contributed by atoms with Gasteiger partial charge in [-0.2, -0.15) is 0 Å². The number of hydrogen-bond acceptors (Lipinski definition) is 0. The molecule has 0 unspecified atom stereocenters. The van der Waals surface area contributed by atoms with Crippen molar-refractivity contribution in [3.05, 3.63) is 6.42 Å². The monoisotopic (exact) mass is 154 g/mol. The molecule has 0 bridgehead atoms. The van der Waals surface area contributed by atoms with Gasteiger partial charge in [-0.15, -0.1) is 0 Å². The zero-order valence-corrected chi connectivity index (χ0v) is 8.16. The van der Waals surface area contributed by atoms with Crippen molar-refractivity contribution in [3.63, 3.8) is 0 Å². The first-order valence-electron chi connectivity index (χ1n) is 5.12. The van der Waals surface area contributed by atoms with Crippen LogP contribution in [0.4, 0.5) is 0 Å². The van der Waals surface area contributed by atoms with Crippen LogP contribution in [0.15, 0.2) is 0 Å². The molecule has 0 saturated carbocycles. The van der Waals surface area contributed by atoms with Crippen molar-refractivity contribution >= 4 is 0 Å². The Labute approximate surface area is 72.4 Å². The zero-order chi connectivity index (χ0) is 8.36. The highest BCUT2D eigenvalue weighted by atomic mass is 13.9. The third-order valence-electron chi connectivity index (χ3n) is 1.88. The van der Waals surface area contributed by atoms with Crippen molar-refractivity contribution in [1.82, 2.24) is 0 Å². The van der Waals surface area contributed by atoms with E-state index in [-0.39, 0.29) is 0 Å². The minimum atomic E-state index is 1.19. The molecule has 0 spiro atoms. The van der Waals surface area contributed by atoms with E-state index in [2.05, 4.69) is 20.3 Å². The van der Waals surface area contributed by atoms with Crippen LogP contribution in [0.3, 0.4) is 0 Å². The Morgan fingerprint density at radius 1 is 0.727 bits per heavy atom. The van der Waals surface area contributed by atoms with Gasteiger partial charge in [-0.1, -0.05) is 52.4 Å². The minimum Gasteiger partial charge on any atom is -0.0654 e. The zero-order valence-electron chi connectivity index (χ0n) is 8.16. The average Bonchev–Trinajstić information content (AvgIpc) is 2.03. The van der Waals surface area contributed by atoms with Crippen LogP contribution < -0.4 is 0 Å². The molecule has 2 radical (unpaired) electrons. The highest BCUT2D eigenvalue weighted by Gasteiger charge is 1.89. The molecule has 0 aromatic carbocycles. The minimum absolute atomic E-state index is 1.19. The van der Waals surface area contributed by atoms with Crippen molar-refractivity contribution in [2.45, 2.75) is 65.2 Å². The summed E-state index contributed by atoms with van der Waals surface area (Å²) in [5, 5.41) is 0. The van der Waals surface area contributed by atoms with E-state index in [4.69, 9.17) is 0 Å². The fourth-order valence-electron chi connectivity index (χ4n) is 1.16. The van der Waals surface area contributed by atoms with Crippen LogP contribution in [0.1, 0.15) is 65.2 Å². The van der Waals surface area contributed by atoms with Gasteiger partial charge in [-0.25, -0.2) is 0 Å². The summed E-state index contributed by atoms with van der Waals surface area (Å²) in [7, 11) is 0. The van der Waals surface area contributed by atoms with Crippen molar-refractivity contribution in [2.24, 2.45) is 0 Å². The molecule has 66 valence electrons. The first-order valence-corrected chi connectivity index (χ1v) is 5.12. The highest BCUT2D eigenvalue weighted by molar-refractivity contribution is 4.62. The lowest BCUT2D eigenvalue weighted by Gasteiger charge is -1.98. The van der Waals surface area contributed by atoms with Crippen LogP contribution in [0.5, 0.6) is 0 Å². The first-order chi connectivity index (χ1) is 5.41. The van der Waals surface area contributed by atoms with Crippen LogP contribution in [-0.2, 0) is 0 Å². The topological polar surface area (TPSA) is 0 Å². The van der Waals surface area contributed by atoms with Gasteiger partial charge in [-0.3, -0.25) is 0 Å². The van der Waals surface area contributed by atoms with Crippen LogP contribution in [0.25, 0.3) is 0 Å². The molecule has 0 aliphatic carbocycles. The smallest absolute Gasteiger partial charge is 0.0174 e. The molecular formula is C11H22. The molecule has 0 heterocycles. The molecule has 0 rings (SSSR count). The Bertz CT molecular complexity index is 49.1. The summed E-state index contributed by atoms with van der Waals surface area (Å²) in [6.45, 7) is 4.47. The molecule has 0 saturated heterocycles. The molecular weight excluding hydrogens is 132 g/mol. The van der Waals surface area contributed by atoms with E-state index < -0.39 is 0 Å². The molecule has 0 fully saturated rings. The quantitative estimate of drug-likeness (QED) is 0.459. The van der Waals surface area contributed by atoms with Gasteiger partial charge < -0.3 is 0 Å². The standard InChI is InChI=1S/C11H22/c1-3-5-7-9-11-10-8-6-4-2/h3-7,9-11H2,1-2H3. The van der Waals surface area contributed by atoms with Crippen molar-refractivity contribution in [2.75, 3.05) is 0 Å². The number of unbranched alkanes of at least 4 members (excludes halogenated alkanes) is 8. The number of hydrogen-bond donors (Lipinski definition) is 0. The van der Waals surface area contributed by atoms with E-state index in [0.29, 0.717) is 0 Å². The maximum Gasteiger partial charge on any atom is -0.0174 e. The van der Waals surface area contributed by atoms with Crippen LogP contribution in [-0.4, -0.2) is 0 Å². The predicted molar refractivity (Wildman–Crippen MR) is 51.5 cm³/mol. The van der Waals surface area contributed by atoms with Gasteiger partial charge in [0.25, 0.3) is 0 Å². The first kappa shape index (κ1) is 11.0. The molecule has 0 aliphatic heterocycles. The van der Waals surface area contributed by atoms with Gasteiger partial charge in [0.2, 0.25) is 0 Å². The third kappa shape index (κ3) is 10.0. The van der Waals surface area contributed by atoms with E-state index in [0.717, 1.165) is 0 Å². The molecule has 0 aromatic heterocycles. The summed E-state index contributed by atoms with van der Waals surface area (Å²) in [4.78, 5) is 0. The Hall–Kier alpha value is 0. The third-order valence-corrected chi connectivity index (χ3v) is 1.88. The Kier molecular flexibility index (Phi) is 10.0. The summed E-state index contributed by atoms with van der Waals surface area (Å²) in [6, 6.07) is 0. The SMILES string of the molecule is CCC[C]CCCCCCC. The second kappa shape index (κ2) is 10.0. The molecule has 0 amide bonds. The normalized spacial score (nSPS) is 10.4. The number of rotatable bonds is 8. The lowest BCUT2D eigenvalue weighted by atomic mass is 10.1. The second-order valence-electron chi connectivity index (χ2n) is 3.16. The summed E-state index contributed by atoms with van der Waals surface area (Å²) < 4.78 is 0. The van der Waals surface area contributed by atoms with Crippen LogP contribution >= 0.6 is 0 Å². The Morgan fingerprint density at radius 2 is 1.45 bits per heavy atom. The molecule has 0 aliphatic rings. The maximum atomic E-state index is 3.41. The van der Waals surface area contributed by atoms with Gasteiger partial charge >= 0.3 is 0 Å². The van der Waals surface area contributed by atoms with E-state index in [9.17, 15) is 0 Å². The lowest BCUT2D eigenvalue weighted by Crippen LogP contribution is -1.80. The highest BCUT2D eigenvalue weighted by Crippen LogP contribution is 2.08. The van der Waals surface area contributed by atoms with E-state index in [1.807, 2.05) is 0 Å². The van der Waals surface area contributed by atoms with Crippen molar-refractivity contribution in [1.29, 1.82) is 0 Å². The summed E-state index contributed by atoms with van der Waals surface area (Å²) >= 11 is 0. The average molecular weight is 154 g/mol. The van der Waals surface area contributed by atoms with E-state index >= 15 is 0 Å². The molecule has 0 aromatic rings. The molecule has 0 heteroatoms. The molecule has 11 heavy (non-hydrogen) atoms. The van der Waals surface area contributed by atoms with Crippen LogP contribution in [0, 0.1) is 6.42 Å². The van der Waals surface area contributed by atoms with E-state index in [1.54, 1.807) is 0 Å². The van der Waals surface area contributed by atoms with Gasteiger partial charge in [-0.05, 0) is 19.3 Å². The molecule has 0 atom stereocenters. The second-order valence-corrected chi connectivity index (χ2v) is 3.16. The predicted octanol–water partition coefficient (Wildman–Crippen LogP) is 4.23. The fraction of sp³-hybridized carbons (Fsp3) is 0.909. The van der Waals surface area contributed by atoms with Gasteiger partial charge in [0.15, 0.2) is 0 Å². The largest absolute Gasteiger partial charge is 0.0654 e. The lowest BCUT2D eigenvalue weighted by molar-refractivity contribution is 0.621. The molecule has 0 nitrogen and oxygen atoms in total. The maximum absolute atomic E-state index is 3.41. The Balaban J connectivity index is 2.69. The van der Waals surface area contributed by atoms with E-state index in [1.165, 1.54) is 51.4 Å². The van der Waals surface area contributed by atoms with Gasteiger partial charge in [0.1, 0.15) is 0 Å². The fourth-order valence-corrected chi connectivity index (χ4v) is 1.16. The summed E-state index contributed by atoms with van der Waals surface area (Å²) in [6.07, 6.45) is 14.0. The summed E-state index contributed by atoms with van der Waals surface area (Å²) in [5.41, 5.74) is 0. The van der Waals surface area contributed by atoms with Crippen LogP contribution in [0.2, 0.25) is 0 Å². The van der Waals surface area contributed by atoms with Crippen molar-refractivity contribution < 1.29 is 0 Å². The van der Waals surface area contributed by atoms with Gasteiger partial charge in [0, 0.05) is 0 Å². The summed E-state index contributed by atoms with van der Waals surface area (Å²) in [5.74, 6) is 0. The van der Waals surface area contributed by atoms with Gasteiger partial charge in [0.05, 0.1) is 0 Å². The Morgan fingerprint density at radius 3 is 2.09 bits per heavy atom. The molecule has 0 N–H and O–H groups in total.